The van der Waals surface area contributed by atoms with Crippen molar-refractivity contribution in [3.8, 4) is 11.8 Å². The van der Waals surface area contributed by atoms with Crippen LogP contribution in [-0.4, -0.2) is 40.4 Å². The molecule has 0 saturated carbocycles. The van der Waals surface area contributed by atoms with Crippen molar-refractivity contribution in [1.29, 1.82) is 0 Å². The van der Waals surface area contributed by atoms with E-state index in [1.807, 2.05) is 13.1 Å². The number of rotatable bonds is 4. The normalized spacial score (nSPS) is 10.3. The van der Waals surface area contributed by atoms with Crippen molar-refractivity contribution in [1.82, 2.24) is 15.3 Å². The molecule has 0 fully saturated rings. The number of carbonyl (C=O) groups is 1. The minimum Gasteiger partial charge on any atom is -0.481 e. The van der Waals surface area contributed by atoms with Gasteiger partial charge in [-0.05, 0) is 20.0 Å². The van der Waals surface area contributed by atoms with Gasteiger partial charge < -0.3 is 10.4 Å². The number of carboxylic acid groups (broad SMARTS) is 1. The summed E-state index contributed by atoms with van der Waals surface area (Å²) < 4.78 is 0. The van der Waals surface area contributed by atoms with Crippen LogP contribution in [0.3, 0.4) is 0 Å². The molecule has 0 aromatic carbocycles. The van der Waals surface area contributed by atoms with E-state index in [-0.39, 0.29) is 5.75 Å². The zero-order chi connectivity index (χ0) is 14.5. The molecule has 0 radical (unpaired) electrons. The molecular weight excluding hydrogens is 294 g/mol. The van der Waals surface area contributed by atoms with Gasteiger partial charge in [0.1, 0.15) is 15.7 Å². The van der Waals surface area contributed by atoms with E-state index in [0.29, 0.717) is 17.4 Å². The Balaban J connectivity index is 2.37. The summed E-state index contributed by atoms with van der Waals surface area (Å²) in [6.07, 6.45) is 0. The fourth-order valence-corrected chi connectivity index (χ4v) is 3.30. The maximum absolute atomic E-state index is 10.7. The number of nitrogens with zero attached hydrogens (tertiary/aromatic N) is 2. The van der Waals surface area contributed by atoms with Crippen molar-refractivity contribution in [2.75, 3.05) is 19.3 Å². The van der Waals surface area contributed by atoms with Crippen LogP contribution < -0.4 is 5.32 Å². The Labute approximate surface area is 124 Å². The molecule has 20 heavy (non-hydrogen) atoms. The number of thiophene rings is 1. The Kier molecular flexibility index (Phi) is 4.95. The number of nitrogens with one attached hydrogen (secondary N) is 1. The van der Waals surface area contributed by atoms with E-state index in [0.717, 1.165) is 15.1 Å². The van der Waals surface area contributed by atoms with E-state index < -0.39 is 5.97 Å². The molecule has 0 spiro atoms. The summed E-state index contributed by atoms with van der Waals surface area (Å²) in [5, 5.41) is 13.3. The van der Waals surface area contributed by atoms with Crippen molar-refractivity contribution >= 4 is 39.3 Å². The highest BCUT2D eigenvalue weighted by molar-refractivity contribution is 8.00. The summed E-state index contributed by atoms with van der Waals surface area (Å²) in [7, 11) is 1.84. The first-order valence-electron chi connectivity index (χ1n) is 5.86. The number of thioether (sulfide) groups is 1. The molecule has 7 heteroatoms. The lowest BCUT2D eigenvalue weighted by molar-refractivity contribution is -0.133. The van der Waals surface area contributed by atoms with Crippen LogP contribution in [0.25, 0.3) is 10.2 Å². The molecule has 0 bridgehead atoms. The molecule has 2 aromatic heterocycles. The van der Waals surface area contributed by atoms with Crippen LogP contribution in [0.2, 0.25) is 0 Å². The van der Waals surface area contributed by atoms with Crippen molar-refractivity contribution in [2.45, 2.75) is 11.9 Å². The quantitative estimate of drug-likeness (QED) is 0.509. The fourth-order valence-electron chi connectivity index (χ4n) is 1.52. The third kappa shape index (κ3) is 3.70. The second kappa shape index (κ2) is 6.70. The van der Waals surface area contributed by atoms with Gasteiger partial charge in [-0.25, -0.2) is 9.97 Å². The Morgan fingerprint density at radius 1 is 1.55 bits per heavy atom. The predicted molar refractivity (Wildman–Crippen MR) is 81.3 cm³/mol. The standard InChI is InChI=1S/C13H13N3O2S2/c1-8-15-12(19-7-11(17)18)10-6-9(4-3-5-14-2)20-13(10)16-8/h6,14H,5,7H2,1-2H3,(H,17,18). The van der Waals surface area contributed by atoms with E-state index in [4.69, 9.17) is 5.11 Å². The van der Waals surface area contributed by atoms with E-state index in [2.05, 4.69) is 27.1 Å². The van der Waals surface area contributed by atoms with Gasteiger partial charge in [-0.2, -0.15) is 0 Å². The van der Waals surface area contributed by atoms with Crippen molar-refractivity contribution in [2.24, 2.45) is 0 Å². The highest BCUT2D eigenvalue weighted by atomic mass is 32.2. The Hall–Kier alpha value is -1.62. The number of hydrogen-bond donors (Lipinski definition) is 2. The molecule has 0 amide bonds. The lowest BCUT2D eigenvalue weighted by Gasteiger charge is -2.00. The van der Waals surface area contributed by atoms with Gasteiger partial charge in [-0.1, -0.05) is 23.6 Å². The first-order valence-corrected chi connectivity index (χ1v) is 7.66. The minimum atomic E-state index is -0.858. The summed E-state index contributed by atoms with van der Waals surface area (Å²) in [6.45, 7) is 2.43. The number of aliphatic carboxylic acids is 1. The maximum Gasteiger partial charge on any atom is 0.313 e. The molecule has 0 aliphatic heterocycles. The number of aromatic nitrogens is 2. The number of fused-ring (bicyclic) bond motifs is 1. The summed E-state index contributed by atoms with van der Waals surface area (Å²) in [4.78, 5) is 21.1. The molecule has 0 atom stereocenters. The second-order valence-corrected chi connectivity index (χ2v) is 5.91. The van der Waals surface area contributed by atoms with Crippen LogP contribution in [0.1, 0.15) is 10.7 Å². The Morgan fingerprint density at radius 2 is 2.35 bits per heavy atom. The van der Waals surface area contributed by atoms with E-state index >= 15 is 0 Å². The van der Waals surface area contributed by atoms with Gasteiger partial charge in [-0.3, -0.25) is 4.79 Å². The molecule has 104 valence electrons. The number of hydrogen-bond acceptors (Lipinski definition) is 6. The monoisotopic (exact) mass is 307 g/mol. The number of aryl methyl sites for hydroxylation is 1. The third-order valence-corrected chi connectivity index (χ3v) is 4.20. The topological polar surface area (TPSA) is 75.1 Å². The molecule has 0 saturated heterocycles. The van der Waals surface area contributed by atoms with E-state index in [1.54, 1.807) is 6.92 Å². The van der Waals surface area contributed by atoms with Crippen LogP contribution in [0, 0.1) is 18.8 Å². The number of carboxylic acids is 1. The van der Waals surface area contributed by atoms with Crippen LogP contribution in [0.5, 0.6) is 0 Å². The lowest BCUT2D eigenvalue weighted by Crippen LogP contribution is -2.04. The summed E-state index contributed by atoms with van der Waals surface area (Å²) in [5.41, 5.74) is 0. The Morgan fingerprint density at radius 3 is 3.05 bits per heavy atom. The van der Waals surface area contributed by atoms with Crippen molar-refractivity contribution in [3.63, 3.8) is 0 Å². The molecule has 0 aliphatic carbocycles. The molecule has 2 aromatic rings. The summed E-state index contributed by atoms with van der Waals surface area (Å²) in [5.74, 6) is 5.83. The molecule has 5 nitrogen and oxygen atoms in total. The molecule has 2 N–H and O–H groups in total. The van der Waals surface area contributed by atoms with Gasteiger partial charge in [0, 0.05) is 5.39 Å². The van der Waals surface area contributed by atoms with Crippen LogP contribution in [0.15, 0.2) is 11.1 Å². The molecule has 0 aliphatic rings. The van der Waals surface area contributed by atoms with E-state index in [1.165, 1.54) is 23.1 Å². The average Bonchev–Trinajstić information content (AvgIpc) is 2.78. The highest BCUT2D eigenvalue weighted by Crippen LogP contribution is 2.31. The lowest BCUT2D eigenvalue weighted by atomic mass is 10.3. The Bertz CT molecular complexity index is 701. The SMILES string of the molecule is CNCC#Cc1cc2c(SCC(=O)O)nc(C)nc2s1. The van der Waals surface area contributed by atoms with Crippen LogP contribution in [0.4, 0.5) is 0 Å². The largest absolute Gasteiger partial charge is 0.481 e. The fraction of sp³-hybridized carbons (Fsp3) is 0.308. The molecule has 2 rings (SSSR count). The smallest absolute Gasteiger partial charge is 0.313 e. The molecule has 2 heterocycles. The van der Waals surface area contributed by atoms with Gasteiger partial charge in [0.25, 0.3) is 0 Å². The van der Waals surface area contributed by atoms with Gasteiger partial charge in [0.2, 0.25) is 0 Å². The van der Waals surface area contributed by atoms with Gasteiger partial charge >= 0.3 is 5.97 Å². The van der Waals surface area contributed by atoms with Crippen LogP contribution >= 0.6 is 23.1 Å². The van der Waals surface area contributed by atoms with E-state index in [9.17, 15) is 4.79 Å². The molecule has 0 unspecified atom stereocenters. The third-order valence-electron chi connectivity index (χ3n) is 2.28. The molecular formula is C13H13N3O2S2. The van der Waals surface area contributed by atoms with Gasteiger partial charge in [0.05, 0.1) is 17.2 Å². The van der Waals surface area contributed by atoms with Gasteiger partial charge in [-0.15, -0.1) is 11.3 Å². The summed E-state index contributed by atoms with van der Waals surface area (Å²) in [6, 6.07) is 1.92. The predicted octanol–water partition coefficient (Wildman–Crippen LogP) is 1.75. The van der Waals surface area contributed by atoms with Gasteiger partial charge in [0.15, 0.2) is 0 Å². The zero-order valence-corrected chi connectivity index (χ0v) is 12.7. The highest BCUT2D eigenvalue weighted by Gasteiger charge is 2.11. The second-order valence-electron chi connectivity index (χ2n) is 3.92. The minimum absolute atomic E-state index is 0.0117. The van der Waals surface area contributed by atoms with Crippen molar-refractivity contribution < 1.29 is 9.90 Å². The first-order chi connectivity index (χ1) is 9.60. The van der Waals surface area contributed by atoms with Crippen LogP contribution in [-0.2, 0) is 4.79 Å². The summed E-state index contributed by atoms with van der Waals surface area (Å²) >= 11 is 2.71. The maximum atomic E-state index is 10.7. The zero-order valence-electron chi connectivity index (χ0n) is 11.1. The average molecular weight is 307 g/mol. The van der Waals surface area contributed by atoms with Crippen molar-refractivity contribution in [3.05, 3.63) is 16.8 Å². The first kappa shape index (κ1) is 14.8.